The molecule has 0 radical (unpaired) electrons. The molecule has 110 valence electrons. The molecule has 0 spiro atoms. The number of ketones is 1. The van der Waals surface area contributed by atoms with Gasteiger partial charge in [-0.3, -0.25) is 4.79 Å². The van der Waals surface area contributed by atoms with Gasteiger partial charge in [-0.15, -0.1) is 11.3 Å². The van der Waals surface area contributed by atoms with Crippen LogP contribution in [0.5, 0.6) is 0 Å². The van der Waals surface area contributed by atoms with E-state index in [1.165, 1.54) is 11.3 Å². The van der Waals surface area contributed by atoms with Crippen LogP contribution in [0.1, 0.15) is 56.3 Å². The van der Waals surface area contributed by atoms with Crippen molar-refractivity contribution >= 4 is 27.8 Å². The quantitative estimate of drug-likeness (QED) is 0.780. The van der Waals surface area contributed by atoms with Crippen LogP contribution in [0.15, 0.2) is 0 Å². The molecule has 1 aromatic rings. The van der Waals surface area contributed by atoms with Crippen LogP contribution in [0.4, 0.5) is 10.7 Å². The number of Topliss-reactive ketones (excluding diaryl/α,β-unsaturated/α-hetero) is 1. The zero-order chi connectivity index (χ0) is 15.4. The molecule has 0 bridgehead atoms. The van der Waals surface area contributed by atoms with E-state index in [1.54, 1.807) is 0 Å². The SMILES string of the molecule is CCC(Nc1sc(C(=O)C(C)C)c(N)c1C#N)C(C)C. The summed E-state index contributed by atoms with van der Waals surface area (Å²) in [5, 5.41) is 13.4. The van der Waals surface area contributed by atoms with Gasteiger partial charge in [0.1, 0.15) is 16.6 Å². The standard InChI is InChI=1S/C15H23N3OS/c1-6-11(8(2)3)18-15-10(7-16)12(17)14(20-15)13(19)9(4)5/h8-9,11,18H,6,17H2,1-5H3. The van der Waals surface area contributed by atoms with Gasteiger partial charge in [0, 0.05) is 12.0 Å². The van der Waals surface area contributed by atoms with E-state index in [-0.39, 0.29) is 17.7 Å². The molecule has 1 atom stereocenters. The second-order valence-electron chi connectivity index (χ2n) is 5.58. The Morgan fingerprint density at radius 2 is 2.00 bits per heavy atom. The van der Waals surface area contributed by atoms with Crippen LogP contribution in [0.25, 0.3) is 0 Å². The number of carbonyl (C=O) groups excluding carboxylic acids is 1. The summed E-state index contributed by atoms with van der Waals surface area (Å²) in [6.45, 7) is 10.0. The Balaban J connectivity index is 3.19. The van der Waals surface area contributed by atoms with Crippen molar-refractivity contribution < 1.29 is 4.79 Å². The molecular weight excluding hydrogens is 270 g/mol. The lowest BCUT2D eigenvalue weighted by Crippen LogP contribution is -2.24. The van der Waals surface area contributed by atoms with Crippen molar-refractivity contribution in [2.75, 3.05) is 11.1 Å². The molecule has 0 aliphatic rings. The summed E-state index contributed by atoms with van der Waals surface area (Å²) < 4.78 is 0. The zero-order valence-corrected chi connectivity index (χ0v) is 13.6. The first kappa shape index (κ1) is 16.5. The van der Waals surface area contributed by atoms with E-state index in [0.29, 0.717) is 22.0 Å². The molecule has 5 heteroatoms. The Morgan fingerprint density at radius 1 is 1.40 bits per heavy atom. The molecule has 0 aliphatic carbocycles. The summed E-state index contributed by atoms with van der Waals surface area (Å²) in [6.07, 6.45) is 0.952. The molecule has 0 saturated heterocycles. The average molecular weight is 293 g/mol. The Labute approximate surface area is 125 Å². The number of thiophene rings is 1. The van der Waals surface area contributed by atoms with Gasteiger partial charge in [0.2, 0.25) is 0 Å². The number of carbonyl (C=O) groups is 1. The van der Waals surface area contributed by atoms with Crippen molar-refractivity contribution in [2.45, 2.75) is 47.1 Å². The van der Waals surface area contributed by atoms with E-state index in [9.17, 15) is 10.1 Å². The molecule has 4 nitrogen and oxygen atoms in total. The van der Waals surface area contributed by atoms with Gasteiger partial charge < -0.3 is 11.1 Å². The Bertz CT molecular complexity index is 526. The van der Waals surface area contributed by atoms with E-state index in [0.717, 1.165) is 11.4 Å². The van der Waals surface area contributed by atoms with Crippen molar-refractivity contribution in [1.82, 2.24) is 0 Å². The number of hydrogen-bond donors (Lipinski definition) is 2. The summed E-state index contributed by atoms with van der Waals surface area (Å²) in [4.78, 5) is 12.6. The first-order valence-electron chi connectivity index (χ1n) is 6.96. The third kappa shape index (κ3) is 3.31. The van der Waals surface area contributed by atoms with Crippen molar-refractivity contribution in [3.05, 3.63) is 10.4 Å². The maximum Gasteiger partial charge on any atom is 0.177 e. The molecule has 0 amide bonds. The summed E-state index contributed by atoms with van der Waals surface area (Å²) in [7, 11) is 0. The van der Waals surface area contributed by atoms with Crippen molar-refractivity contribution in [3.63, 3.8) is 0 Å². The van der Waals surface area contributed by atoms with Crippen LogP contribution >= 0.6 is 11.3 Å². The molecule has 1 unspecified atom stereocenters. The maximum atomic E-state index is 12.1. The van der Waals surface area contributed by atoms with Crippen molar-refractivity contribution in [3.8, 4) is 6.07 Å². The molecule has 0 aromatic carbocycles. The highest BCUT2D eigenvalue weighted by Crippen LogP contribution is 2.37. The zero-order valence-electron chi connectivity index (χ0n) is 12.8. The number of anilines is 2. The monoisotopic (exact) mass is 293 g/mol. The third-order valence-corrected chi connectivity index (χ3v) is 4.52. The van der Waals surface area contributed by atoms with Gasteiger partial charge in [0.15, 0.2) is 5.78 Å². The summed E-state index contributed by atoms with van der Waals surface area (Å²) in [5.41, 5.74) is 6.69. The normalized spacial score (nSPS) is 12.5. The van der Waals surface area contributed by atoms with Crippen LogP contribution in [0.2, 0.25) is 0 Å². The van der Waals surface area contributed by atoms with Crippen molar-refractivity contribution in [2.24, 2.45) is 11.8 Å². The van der Waals surface area contributed by atoms with Crippen LogP contribution in [-0.4, -0.2) is 11.8 Å². The van der Waals surface area contributed by atoms with Gasteiger partial charge in [0.05, 0.1) is 10.6 Å². The maximum absolute atomic E-state index is 12.1. The fourth-order valence-electron chi connectivity index (χ4n) is 2.01. The second-order valence-corrected chi connectivity index (χ2v) is 6.60. The van der Waals surface area contributed by atoms with E-state index in [2.05, 4.69) is 32.2 Å². The topological polar surface area (TPSA) is 78.9 Å². The van der Waals surface area contributed by atoms with Crippen LogP contribution < -0.4 is 11.1 Å². The molecule has 20 heavy (non-hydrogen) atoms. The minimum atomic E-state index is -0.123. The minimum Gasteiger partial charge on any atom is -0.396 e. The molecule has 0 saturated carbocycles. The molecule has 0 aliphatic heterocycles. The molecule has 1 aromatic heterocycles. The Kier molecular flexibility index (Phi) is 5.58. The summed E-state index contributed by atoms with van der Waals surface area (Å²) in [5.74, 6) is 0.316. The lowest BCUT2D eigenvalue weighted by molar-refractivity contribution is 0.0944. The summed E-state index contributed by atoms with van der Waals surface area (Å²) >= 11 is 1.30. The highest BCUT2D eigenvalue weighted by atomic mass is 32.1. The first-order chi connectivity index (χ1) is 9.33. The lowest BCUT2D eigenvalue weighted by atomic mass is 10.0. The average Bonchev–Trinajstić information content (AvgIpc) is 2.70. The van der Waals surface area contributed by atoms with Gasteiger partial charge >= 0.3 is 0 Å². The fraction of sp³-hybridized carbons (Fsp3) is 0.600. The largest absolute Gasteiger partial charge is 0.396 e. The summed E-state index contributed by atoms with van der Waals surface area (Å²) in [6, 6.07) is 2.38. The molecular formula is C15H23N3OS. The highest BCUT2D eigenvalue weighted by Gasteiger charge is 2.24. The molecule has 3 N–H and O–H groups in total. The fourth-order valence-corrected chi connectivity index (χ4v) is 3.23. The number of rotatable bonds is 6. The molecule has 1 rings (SSSR count). The van der Waals surface area contributed by atoms with E-state index in [4.69, 9.17) is 5.73 Å². The third-order valence-electron chi connectivity index (χ3n) is 3.37. The minimum absolute atomic E-state index is 0.00496. The van der Waals surface area contributed by atoms with Crippen LogP contribution in [-0.2, 0) is 0 Å². The Morgan fingerprint density at radius 3 is 2.40 bits per heavy atom. The van der Waals surface area contributed by atoms with E-state index in [1.807, 2.05) is 13.8 Å². The lowest BCUT2D eigenvalue weighted by Gasteiger charge is -2.21. The van der Waals surface area contributed by atoms with E-state index < -0.39 is 0 Å². The highest BCUT2D eigenvalue weighted by molar-refractivity contribution is 7.19. The van der Waals surface area contributed by atoms with Crippen molar-refractivity contribution in [1.29, 1.82) is 5.26 Å². The number of nitriles is 1. The second kappa shape index (κ2) is 6.76. The van der Waals surface area contributed by atoms with Crippen LogP contribution in [0, 0.1) is 23.2 Å². The number of hydrogen-bond acceptors (Lipinski definition) is 5. The first-order valence-corrected chi connectivity index (χ1v) is 7.78. The predicted octanol–water partition coefficient (Wildman–Crippen LogP) is 3.89. The van der Waals surface area contributed by atoms with Gasteiger partial charge in [-0.05, 0) is 12.3 Å². The predicted molar refractivity (Wildman–Crippen MR) is 85.2 cm³/mol. The van der Waals surface area contributed by atoms with Gasteiger partial charge in [-0.1, -0.05) is 34.6 Å². The number of nitrogens with one attached hydrogen (secondary N) is 1. The smallest absolute Gasteiger partial charge is 0.177 e. The molecule has 1 heterocycles. The molecule has 0 fully saturated rings. The van der Waals surface area contributed by atoms with E-state index >= 15 is 0 Å². The number of nitrogen functional groups attached to an aromatic ring is 1. The van der Waals surface area contributed by atoms with Gasteiger partial charge in [-0.2, -0.15) is 5.26 Å². The van der Waals surface area contributed by atoms with Gasteiger partial charge in [-0.25, -0.2) is 0 Å². The van der Waals surface area contributed by atoms with Crippen LogP contribution in [0.3, 0.4) is 0 Å². The van der Waals surface area contributed by atoms with Gasteiger partial charge in [0.25, 0.3) is 0 Å². The Hall–Kier alpha value is -1.54. The number of nitrogens with two attached hydrogens (primary N) is 1. The number of nitrogens with zero attached hydrogens (tertiary/aromatic N) is 1.